The Labute approximate surface area is 112 Å². The van der Waals surface area contributed by atoms with Crippen LogP contribution in [0.4, 0.5) is 11.4 Å². The molecule has 19 heavy (non-hydrogen) atoms. The second-order valence-electron chi connectivity index (χ2n) is 4.29. The molecule has 0 fully saturated rings. The lowest BCUT2D eigenvalue weighted by molar-refractivity contribution is 0.101. The third kappa shape index (κ3) is 2.63. The van der Waals surface area contributed by atoms with Crippen LogP contribution in [0.25, 0.3) is 0 Å². The molecule has 2 aromatic rings. The highest BCUT2D eigenvalue weighted by Crippen LogP contribution is 2.26. The van der Waals surface area contributed by atoms with Crippen LogP contribution in [0, 0.1) is 11.3 Å². The molecule has 0 saturated heterocycles. The Kier molecular flexibility index (Phi) is 3.63. The van der Waals surface area contributed by atoms with Gasteiger partial charge in [-0.15, -0.1) is 0 Å². The van der Waals surface area contributed by atoms with Gasteiger partial charge in [-0.2, -0.15) is 5.26 Å². The summed E-state index contributed by atoms with van der Waals surface area (Å²) in [6.45, 7) is 1.55. The van der Waals surface area contributed by atoms with E-state index in [1.54, 1.807) is 25.1 Å². The van der Waals surface area contributed by atoms with E-state index in [9.17, 15) is 4.79 Å². The van der Waals surface area contributed by atoms with Crippen molar-refractivity contribution < 1.29 is 4.79 Å². The molecule has 2 rings (SSSR count). The minimum Gasteiger partial charge on any atom is -0.344 e. The number of anilines is 2. The van der Waals surface area contributed by atoms with Crippen LogP contribution in [-0.2, 0) is 0 Å². The number of carbonyl (C=O) groups is 1. The molecule has 0 N–H and O–H groups in total. The lowest BCUT2D eigenvalue weighted by Gasteiger charge is -2.20. The fraction of sp³-hybridized carbons (Fsp3) is 0.125. The molecule has 0 saturated carbocycles. The fourth-order valence-electron chi connectivity index (χ4n) is 1.92. The molecule has 0 aromatic heterocycles. The molecule has 0 unspecified atom stereocenters. The van der Waals surface area contributed by atoms with Gasteiger partial charge in [0.05, 0.1) is 11.3 Å². The van der Waals surface area contributed by atoms with Crippen molar-refractivity contribution in [2.45, 2.75) is 6.92 Å². The molecule has 0 amide bonds. The minimum absolute atomic E-state index is 0.0478. The predicted octanol–water partition coefficient (Wildman–Crippen LogP) is 3.53. The van der Waals surface area contributed by atoms with E-state index in [4.69, 9.17) is 5.26 Å². The standard InChI is InChI=1S/C16H14N2O/c1-12(19)13-7-9-15(10-8-13)18(2)16-6-4-3-5-14(16)11-17/h3-10H,1-2H3. The Morgan fingerprint density at radius 1 is 1.11 bits per heavy atom. The van der Waals surface area contributed by atoms with E-state index in [2.05, 4.69) is 6.07 Å². The third-order valence-electron chi connectivity index (χ3n) is 3.05. The van der Waals surface area contributed by atoms with E-state index >= 15 is 0 Å². The molecule has 0 radical (unpaired) electrons. The summed E-state index contributed by atoms with van der Waals surface area (Å²) in [5.41, 5.74) is 3.10. The summed E-state index contributed by atoms with van der Waals surface area (Å²) >= 11 is 0. The molecule has 0 aliphatic carbocycles. The number of para-hydroxylation sites is 1. The number of carbonyl (C=O) groups excluding carboxylic acids is 1. The molecule has 0 aliphatic heterocycles. The number of hydrogen-bond donors (Lipinski definition) is 0. The van der Waals surface area contributed by atoms with E-state index in [1.165, 1.54) is 0 Å². The Morgan fingerprint density at radius 3 is 2.32 bits per heavy atom. The molecular weight excluding hydrogens is 236 g/mol. The number of Topliss-reactive ketones (excluding diaryl/α,β-unsaturated/α-hetero) is 1. The highest BCUT2D eigenvalue weighted by molar-refractivity contribution is 5.94. The van der Waals surface area contributed by atoms with Gasteiger partial charge in [0, 0.05) is 18.3 Å². The quantitative estimate of drug-likeness (QED) is 0.783. The summed E-state index contributed by atoms with van der Waals surface area (Å²) in [7, 11) is 1.90. The van der Waals surface area contributed by atoms with E-state index in [-0.39, 0.29) is 5.78 Å². The summed E-state index contributed by atoms with van der Waals surface area (Å²) in [6.07, 6.45) is 0. The number of benzene rings is 2. The first-order chi connectivity index (χ1) is 9.13. The first-order valence-electron chi connectivity index (χ1n) is 5.97. The van der Waals surface area contributed by atoms with Gasteiger partial charge in [0.2, 0.25) is 0 Å². The van der Waals surface area contributed by atoms with Crippen molar-refractivity contribution in [2.75, 3.05) is 11.9 Å². The van der Waals surface area contributed by atoms with Crippen molar-refractivity contribution in [2.24, 2.45) is 0 Å². The molecule has 94 valence electrons. The molecular formula is C16H14N2O. The summed E-state index contributed by atoms with van der Waals surface area (Å²) < 4.78 is 0. The average molecular weight is 250 g/mol. The lowest BCUT2D eigenvalue weighted by Crippen LogP contribution is -2.11. The zero-order chi connectivity index (χ0) is 13.8. The van der Waals surface area contributed by atoms with Gasteiger partial charge in [-0.3, -0.25) is 4.79 Å². The van der Waals surface area contributed by atoms with E-state index in [0.29, 0.717) is 11.1 Å². The normalized spacial score (nSPS) is 9.74. The molecule has 3 heteroatoms. The van der Waals surface area contributed by atoms with Crippen LogP contribution in [0.15, 0.2) is 48.5 Å². The van der Waals surface area contributed by atoms with E-state index < -0.39 is 0 Å². The average Bonchev–Trinajstić information content (AvgIpc) is 2.46. The number of nitrogens with zero attached hydrogens (tertiary/aromatic N) is 2. The number of ketones is 1. The van der Waals surface area contributed by atoms with Crippen LogP contribution in [0.5, 0.6) is 0 Å². The zero-order valence-electron chi connectivity index (χ0n) is 10.9. The van der Waals surface area contributed by atoms with Gasteiger partial charge in [-0.1, -0.05) is 12.1 Å². The lowest BCUT2D eigenvalue weighted by atomic mass is 10.1. The van der Waals surface area contributed by atoms with Crippen LogP contribution in [0.3, 0.4) is 0 Å². The fourth-order valence-corrected chi connectivity index (χ4v) is 1.92. The largest absolute Gasteiger partial charge is 0.344 e. The monoisotopic (exact) mass is 250 g/mol. The molecule has 0 spiro atoms. The van der Waals surface area contributed by atoms with Gasteiger partial charge in [-0.25, -0.2) is 0 Å². The molecule has 3 nitrogen and oxygen atoms in total. The van der Waals surface area contributed by atoms with Crippen LogP contribution in [-0.4, -0.2) is 12.8 Å². The van der Waals surface area contributed by atoms with Crippen molar-refractivity contribution in [3.8, 4) is 6.07 Å². The summed E-state index contributed by atoms with van der Waals surface area (Å²) in [5.74, 6) is 0.0478. The van der Waals surface area contributed by atoms with Crippen molar-refractivity contribution in [3.63, 3.8) is 0 Å². The summed E-state index contributed by atoms with van der Waals surface area (Å²) in [5, 5.41) is 9.11. The SMILES string of the molecule is CC(=O)c1ccc(N(C)c2ccccc2C#N)cc1. The topological polar surface area (TPSA) is 44.1 Å². The maximum absolute atomic E-state index is 11.2. The number of hydrogen-bond acceptors (Lipinski definition) is 3. The van der Waals surface area contributed by atoms with E-state index in [1.807, 2.05) is 42.3 Å². The predicted molar refractivity (Wildman–Crippen MR) is 75.7 cm³/mol. The van der Waals surface area contributed by atoms with Crippen LogP contribution >= 0.6 is 0 Å². The first kappa shape index (κ1) is 12.8. The number of rotatable bonds is 3. The Morgan fingerprint density at radius 2 is 1.74 bits per heavy atom. The van der Waals surface area contributed by atoms with Gasteiger partial charge in [0.25, 0.3) is 0 Å². The second-order valence-corrected chi connectivity index (χ2v) is 4.29. The maximum atomic E-state index is 11.2. The molecule has 2 aromatic carbocycles. The summed E-state index contributed by atoms with van der Waals surface area (Å²) in [4.78, 5) is 13.2. The molecule has 0 bridgehead atoms. The van der Waals surface area contributed by atoms with Crippen LogP contribution in [0.2, 0.25) is 0 Å². The van der Waals surface area contributed by atoms with Crippen molar-refractivity contribution in [3.05, 3.63) is 59.7 Å². The maximum Gasteiger partial charge on any atom is 0.159 e. The van der Waals surface area contributed by atoms with Gasteiger partial charge < -0.3 is 4.90 Å². The van der Waals surface area contributed by atoms with Gasteiger partial charge in [-0.05, 0) is 43.3 Å². The van der Waals surface area contributed by atoms with Crippen LogP contribution < -0.4 is 4.90 Å². The first-order valence-corrected chi connectivity index (χ1v) is 5.97. The molecule has 0 atom stereocenters. The van der Waals surface area contributed by atoms with Crippen molar-refractivity contribution in [1.82, 2.24) is 0 Å². The highest BCUT2D eigenvalue weighted by atomic mass is 16.1. The Hall–Kier alpha value is -2.60. The second kappa shape index (κ2) is 5.36. The van der Waals surface area contributed by atoms with Gasteiger partial charge in [0.15, 0.2) is 5.78 Å². The smallest absolute Gasteiger partial charge is 0.159 e. The van der Waals surface area contributed by atoms with Crippen LogP contribution in [0.1, 0.15) is 22.8 Å². The zero-order valence-corrected chi connectivity index (χ0v) is 10.9. The van der Waals surface area contributed by atoms with E-state index in [0.717, 1.165) is 11.4 Å². The van der Waals surface area contributed by atoms with Crippen molar-refractivity contribution >= 4 is 17.2 Å². The van der Waals surface area contributed by atoms with Crippen molar-refractivity contribution in [1.29, 1.82) is 5.26 Å². The van der Waals surface area contributed by atoms with Gasteiger partial charge >= 0.3 is 0 Å². The highest BCUT2D eigenvalue weighted by Gasteiger charge is 2.09. The Balaban J connectivity index is 2.36. The minimum atomic E-state index is 0.0478. The summed E-state index contributed by atoms with van der Waals surface area (Å²) in [6, 6.07) is 17.0. The molecule has 0 aliphatic rings. The van der Waals surface area contributed by atoms with Gasteiger partial charge in [0.1, 0.15) is 6.07 Å². The molecule has 0 heterocycles. The Bertz CT molecular complexity index is 639. The number of nitriles is 1. The third-order valence-corrected chi connectivity index (χ3v) is 3.05.